The fourth-order valence-corrected chi connectivity index (χ4v) is 5.27. The van der Waals surface area contributed by atoms with Crippen molar-refractivity contribution in [3.05, 3.63) is 51.3 Å². The topological polar surface area (TPSA) is 37.4 Å². The molecular formula is C14H15BrClNO2S2. The molecule has 0 radical (unpaired) electrons. The summed E-state index contributed by atoms with van der Waals surface area (Å²) < 4.78 is 27.7. The van der Waals surface area contributed by atoms with Crippen molar-refractivity contribution >= 4 is 48.9 Å². The monoisotopic (exact) mass is 407 g/mol. The second kappa shape index (κ2) is 7.24. The molecule has 0 saturated heterocycles. The van der Waals surface area contributed by atoms with Gasteiger partial charge >= 0.3 is 0 Å². The molecule has 1 aromatic heterocycles. The van der Waals surface area contributed by atoms with Gasteiger partial charge in [-0.2, -0.15) is 4.31 Å². The number of rotatable bonds is 6. The minimum absolute atomic E-state index is 0.326. The Morgan fingerprint density at radius 3 is 2.62 bits per heavy atom. The fourth-order valence-electron chi connectivity index (χ4n) is 1.83. The Kier molecular flexibility index (Phi) is 5.85. The van der Waals surface area contributed by atoms with Crippen molar-refractivity contribution in [1.82, 2.24) is 4.31 Å². The molecule has 2 aromatic rings. The molecule has 0 unspecified atom stereocenters. The van der Waals surface area contributed by atoms with Gasteiger partial charge in [-0.1, -0.05) is 34.1 Å². The van der Waals surface area contributed by atoms with Crippen LogP contribution < -0.4 is 0 Å². The zero-order chi connectivity index (χ0) is 15.5. The molecule has 1 heterocycles. The summed E-state index contributed by atoms with van der Waals surface area (Å²) in [5.74, 6) is 0.493. The van der Waals surface area contributed by atoms with Crippen LogP contribution in [0.15, 0.2) is 45.1 Å². The molecule has 0 aliphatic heterocycles. The van der Waals surface area contributed by atoms with Crippen LogP contribution in [0.4, 0.5) is 0 Å². The van der Waals surface area contributed by atoms with E-state index in [-0.39, 0.29) is 0 Å². The number of sulfonamides is 1. The standard InChI is InChI=1S/C14H15BrClNO2S2/c1-17(10-11-4-2-3-5-13(11)15)21(18,19)14-7-6-12(20-14)8-9-16/h2-7H,8-10H2,1H3. The van der Waals surface area contributed by atoms with E-state index >= 15 is 0 Å². The van der Waals surface area contributed by atoms with E-state index in [1.807, 2.05) is 30.3 Å². The van der Waals surface area contributed by atoms with Crippen molar-refractivity contribution in [3.8, 4) is 0 Å². The van der Waals surface area contributed by atoms with Gasteiger partial charge in [0.1, 0.15) is 4.21 Å². The van der Waals surface area contributed by atoms with Crippen LogP contribution in [-0.2, 0) is 23.0 Å². The lowest BCUT2D eigenvalue weighted by Crippen LogP contribution is -2.25. The summed E-state index contributed by atoms with van der Waals surface area (Å²) in [6.07, 6.45) is 0.690. The summed E-state index contributed by atoms with van der Waals surface area (Å²) in [7, 11) is -1.87. The molecule has 1 aromatic carbocycles. The predicted octanol–water partition coefficient (Wildman–Crippen LogP) is 4.11. The average Bonchev–Trinajstić information content (AvgIpc) is 2.91. The summed E-state index contributed by atoms with van der Waals surface area (Å²) >= 11 is 10.4. The quantitative estimate of drug-likeness (QED) is 0.674. The van der Waals surface area contributed by atoms with Crippen LogP contribution in [0.2, 0.25) is 0 Å². The van der Waals surface area contributed by atoms with Crippen LogP contribution in [0.1, 0.15) is 10.4 Å². The van der Waals surface area contributed by atoms with E-state index in [0.717, 1.165) is 14.9 Å². The Bertz CT molecular complexity index is 715. The number of hydrogen-bond acceptors (Lipinski definition) is 3. The van der Waals surface area contributed by atoms with Crippen molar-refractivity contribution < 1.29 is 8.42 Å². The molecule has 0 atom stereocenters. The van der Waals surface area contributed by atoms with Gasteiger partial charge in [0.25, 0.3) is 10.0 Å². The number of halogens is 2. The van der Waals surface area contributed by atoms with Gasteiger partial charge in [0, 0.05) is 28.8 Å². The van der Waals surface area contributed by atoms with E-state index < -0.39 is 10.0 Å². The lowest BCUT2D eigenvalue weighted by atomic mass is 10.2. The second-order valence-electron chi connectivity index (χ2n) is 4.51. The molecule has 0 saturated carbocycles. The van der Waals surface area contributed by atoms with Crippen molar-refractivity contribution in [2.75, 3.05) is 12.9 Å². The van der Waals surface area contributed by atoms with Crippen LogP contribution in [0.5, 0.6) is 0 Å². The van der Waals surface area contributed by atoms with Gasteiger partial charge in [-0.25, -0.2) is 8.42 Å². The highest BCUT2D eigenvalue weighted by Crippen LogP contribution is 2.27. The van der Waals surface area contributed by atoms with E-state index in [4.69, 9.17) is 11.6 Å². The van der Waals surface area contributed by atoms with Crippen molar-refractivity contribution in [2.24, 2.45) is 0 Å². The molecule has 3 nitrogen and oxygen atoms in total. The highest BCUT2D eigenvalue weighted by molar-refractivity contribution is 9.10. The predicted molar refractivity (Wildman–Crippen MR) is 91.5 cm³/mol. The molecule has 7 heteroatoms. The van der Waals surface area contributed by atoms with E-state index in [2.05, 4.69) is 15.9 Å². The molecule has 0 bridgehead atoms. The molecule has 0 aliphatic rings. The molecule has 0 aliphatic carbocycles. The van der Waals surface area contributed by atoms with Gasteiger partial charge in [0.2, 0.25) is 0 Å². The SMILES string of the molecule is CN(Cc1ccccc1Br)S(=O)(=O)c1ccc(CCCl)s1. The van der Waals surface area contributed by atoms with Crippen LogP contribution in [0.25, 0.3) is 0 Å². The average molecular weight is 409 g/mol. The Morgan fingerprint density at radius 2 is 1.95 bits per heavy atom. The van der Waals surface area contributed by atoms with Gasteiger partial charge in [0.05, 0.1) is 0 Å². The minimum atomic E-state index is -3.46. The maximum atomic E-state index is 12.6. The van der Waals surface area contributed by atoms with Gasteiger partial charge in [-0.3, -0.25) is 0 Å². The van der Waals surface area contributed by atoms with Crippen LogP contribution in [0.3, 0.4) is 0 Å². The van der Waals surface area contributed by atoms with Gasteiger partial charge < -0.3 is 0 Å². The molecular weight excluding hydrogens is 394 g/mol. The van der Waals surface area contributed by atoms with Crippen molar-refractivity contribution in [3.63, 3.8) is 0 Å². The molecule has 0 fully saturated rings. The minimum Gasteiger partial charge on any atom is -0.206 e. The van der Waals surface area contributed by atoms with Crippen LogP contribution in [0, 0.1) is 0 Å². The number of alkyl halides is 1. The smallest absolute Gasteiger partial charge is 0.206 e. The zero-order valence-corrected chi connectivity index (χ0v) is 15.4. The molecule has 0 spiro atoms. The third-order valence-corrected chi connectivity index (χ3v) is 7.37. The highest BCUT2D eigenvalue weighted by Gasteiger charge is 2.23. The summed E-state index contributed by atoms with van der Waals surface area (Å²) in [4.78, 5) is 0.984. The number of benzene rings is 1. The molecule has 0 N–H and O–H groups in total. The van der Waals surface area contributed by atoms with Gasteiger partial charge in [0.15, 0.2) is 0 Å². The van der Waals surface area contributed by atoms with Crippen molar-refractivity contribution in [1.29, 1.82) is 0 Å². The Hall–Kier alpha value is -0.400. The lowest BCUT2D eigenvalue weighted by molar-refractivity contribution is 0.468. The fraction of sp³-hybridized carbons (Fsp3) is 0.286. The Balaban J connectivity index is 2.20. The van der Waals surface area contributed by atoms with Gasteiger partial charge in [-0.15, -0.1) is 22.9 Å². The van der Waals surface area contributed by atoms with E-state index in [0.29, 0.717) is 23.1 Å². The maximum Gasteiger partial charge on any atom is 0.252 e. The number of hydrogen-bond donors (Lipinski definition) is 0. The largest absolute Gasteiger partial charge is 0.252 e. The molecule has 0 amide bonds. The summed E-state index contributed by atoms with van der Waals surface area (Å²) in [5, 5.41) is 0. The first-order chi connectivity index (χ1) is 9.95. The molecule has 2 rings (SSSR count). The van der Waals surface area contributed by atoms with Crippen molar-refractivity contribution in [2.45, 2.75) is 17.2 Å². The van der Waals surface area contributed by atoms with E-state index in [1.54, 1.807) is 13.1 Å². The van der Waals surface area contributed by atoms with Crippen LogP contribution >= 0.6 is 38.9 Å². The van der Waals surface area contributed by atoms with Gasteiger partial charge in [-0.05, 0) is 30.2 Å². The molecule has 21 heavy (non-hydrogen) atoms. The number of nitrogens with zero attached hydrogens (tertiary/aromatic N) is 1. The summed E-state index contributed by atoms with van der Waals surface area (Å²) in [6, 6.07) is 11.1. The third-order valence-electron chi connectivity index (χ3n) is 2.99. The summed E-state index contributed by atoms with van der Waals surface area (Å²) in [5.41, 5.74) is 0.932. The normalized spacial score (nSPS) is 12.0. The Labute approximate surface area is 142 Å². The number of thiophene rings is 1. The first-order valence-electron chi connectivity index (χ1n) is 6.29. The first kappa shape index (κ1) is 17.0. The van der Waals surface area contributed by atoms with E-state index in [1.165, 1.54) is 15.6 Å². The second-order valence-corrected chi connectivity index (χ2v) is 9.18. The van der Waals surface area contributed by atoms with Crippen LogP contribution in [-0.4, -0.2) is 25.7 Å². The number of aryl methyl sites for hydroxylation is 1. The third kappa shape index (κ3) is 4.07. The van der Waals surface area contributed by atoms with E-state index in [9.17, 15) is 8.42 Å². The first-order valence-corrected chi connectivity index (χ1v) is 9.88. The zero-order valence-electron chi connectivity index (χ0n) is 11.4. The summed E-state index contributed by atoms with van der Waals surface area (Å²) in [6.45, 7) is 0.326. The maximum absolute atomic E-state index is 12.6. The molecule has 114 valence electrons. The Morgan fingerprint density at radius 1 is 1.24 bits per heavy atom. The highest BCUT2D eigenvalue weighted by atomic mass is 79.9. The lowest BCUT2D eigenvalue weighted by Gasteiger charge is -2.16.